The summed E-state index contributed by atoms with van der Waals surface area (Å²) in [5, 5.41) is 9.08. The summed E-state index contributed by atoms with van der Waals surface area (Å²) < 4.78 is 0. The summed E-state index contributed by atoms with van der Waals surface area (Å²) in [6.45, 7) is 3.68. The Labute approximate surface area is 134 Å². The van der Waals surface area contributed by atoms with E-state index in [-0.39, 0.29) is 5.92 Å². The van der Waals surface area contributed by atoms with Gasteiger partial charge in [-0.1, -0.05) is 37.3 Å². The summed E-state index contributed by atoms with van der Waals surface area (Å²) in [7, 11) is 0. The van der Waals surface area contributed by atoms with Crippen molar-refractivity contribution in [1.29, 1.82) is 5.26 Å². The van der Waals surface area contributed by atoms with Crippen molar-refractivity contribution in [1.82, 2.24) is 19.9 Å². The molecule has 23 heavy (non-hydrogen) atoms. The Morgan fingerprint density at radius 3 is 2.78 bits per heavy atom. The largest absolute Gasteiger partial charge is 0.326 e. The van der Waals surface area contributed by atoms with E-state index in [4.69, 9.17) is 10.2 Å². The molecule has 0 bridgehead atoms. The van der Waals surface area contributed by atoms with E-state index in [0.29, 0.717) is 5.92 Å². The Balaban J connectivity index is 1.70. The Morgan fingerprint density at radius 2 is 2.04 bits per heavy atom. The molecule has 0 aliphatic carbocycles. The van der Waals surface area contributed by atoms with Gasteiger partial charge in [-0.25, -0.2) is 9.97 Å². The van der Waals surface area contributed by atoms with Gasteiger partial charge in [0, 0.05) is 30.8 Å². The molecule has 1 aliphatic rings. The first-order valence-electron chi connectivity index (χ1n) is 7.80. The number of nitrogens with zero attached hydrogens (tertiary/aromatic N) is 4. The predicted molar refractivity (Wildman–Crippen MR) is 88.4 cm³/mol. The molecule has 1 fully saturated rings. The number of rotatable bonds is 2. The maximum Gasteiger partial charge on any atom is 0.179 e. The topological polar surface area (TPSA) is 68.6 Å². The molecule has 3 aromatic rings. The molecule has 2 aromatic heterocycles. The lowest BCUT2D eigenvalue weighted by molar-refractivity contribution is 0.465. The lowest BCUT2D eigenvalue weighted by Crippen LogP contribution is -2.13. The van der Waals surface area contributed by atoms with Gasteiger partial charge in [0.15, 0.2) is 11.8 Å². The molecular weight excluding hydrogens is 286 g/mol. The molecule has 1 saturated heterocycles. The first-order chi connectivity index (χ1) is 11.2. The second-order valence-corrected chi connectivity index (χ2v) is 6.17. The van der Waals surface area contributed by atoms with E-state index in [2.05, 4.69) is 41.3 Å². The van der Waals surface area contributed by atoms with E-state index in [1.54, 1.807) is 4.90 Å². The first-order valence-corrected chi connectivity index (χ1v) is 7.80. The van der Waals surface area contributed by atoms with Crippen LogP contribution in [0, 0.1) is 17.4 Å². The molecule has 5 heteroatoms. The SMILES string of the molecule is CC1CN(C#N)CC1c1nc2cc(-c3ccccc3)cnc2[nH]1. The minimum absolute atomic E-state index is 0.254. The molecule has 5 nitrogen and oxygen atoms in total. The second kappa shape index (κ2) is 5.40. The van der Waals surface area contributed by atoms with Crippen LogP contribution in [-0.4, -0.2) is 32.9 Å². The maximum absolute atomic E-state index is 9.08. The van der Waals surface area contributed by atoms with Gasteiger partial charge in [0.25, 0.3) is 0 Å². The molecule has 4 rings (SSSR count). The van der Waals surface area contributed by atoms with Crippen molar-refractivity contribution in [3.05, 3.63) is 48.4 Å². The third-order valence-corrected chi connectivity index (χ3v) is 4.57. The van der Waals surface area contributed by atoms with Gasteiger partial charge in [-0.15, -0.1) is 0 Å². The first kappa shape index (κ1) is 13.8. The second-order valence-electron chi connectivity index (χ2n) is 6.17. The van der Waals surface area contributed by atoms with Gasteiger partial charge in [-0.3, -0.25) is 0 Å². The van der Waals surface area contributed by atoms with Gasteiger partial charge in [0.1, 0.15) is 11.3 Å². The number of fused-ring (bicyclic) bond motifs is 1. The van der Waals surface area contributed by atoms with Crippen molar-refractivity contribution in [2.75, 3.05) is 13.1 Å². The minimum Gasteiger partial charge on any atom is -0.326 e. The number of H-pyrrole nitrogens is 1. The minimum atomic E-state index is 0.254. The van der Waals surface area contributed by atoms with Crippen LogP contribution in [0.25, 0.3) is 22.3 Å². The van der Waals surface area contributed by atoms with Crippen LogP contribution in [0.4, 0.5) is 0 Å². The average Bonchev–Trinajstić information content (AvgIpc) is 3.17. The highest BCUT2D eigenvalue weighted by Crippen LogP contribution is 2.31. The van der Waals surface area contributed by atoms with E-state index < -0.39 is 0 Å². The van der Waals surface area contributed by atoms with E-state index >= 15 is 0 Å². The number of imidazole rings is 1. The van der Waals surface area contributed by atoms with Crippen LogP contribution in [0.1, 0.15) is 18.7 Å². The van der Waals surface area contributed by atoms with Crippen molar-refractivity contribution in [2.24, 2.45) is 5.92 Å². The van der Waals surface area contributed by atoms with Gasteiger partial charge >= 0.3 is 0 Å². The van der Waals surface area contributed by atoms with Crippen molar-refractivity contribution in [2.45, 2.75) is 12.8 Å². The number of aromatic amines is 1. The van der Waals surface area contributed by atoms with Gasteiger partial charge in [-0.05, 0) is 17.5 Å². The average molecular weight is 303 g/mol. The molecule has 0 radical (unpaired) electrons. The molecule has 1 aliphatic heterocycles. The number of nitriles is 1. The van der Waals surface area contributed by atoms with Crippen LogP contribution >= 0.6 is 0 Å². The molecular formula is C18H17N5. The van der Waals surface area contributed by atoms with Crippen molar-refractivity contribution >= 4 is 11.2 Å². The highest BCUT2D eigenvalue weighted by molar-refractivity contribution is 5.78. The quantitative estimate of drug-likeness (QED) is 0.738. The third kappa shape index (κ3) is 2.42. The molecule has 1 aromatic carbocycles. The molecule has 2 unspecified atom stereocenters. The van der Waals surface area contributed by atoms with E-state index in [1.165, 1.54) is 0 Å². The number of benzene rings is 1. The third-order valence-electron chi connectivity index (χ3n) is 4.57. The van der Waals surface area contributed by atoms with Crippen LogP contribution in [0.3, 0.4) is 0 Å². The lowest BCUT2D eigenvalue weighted by Gasteiger charge is -2.09. The fourth-order valence-corrected chi connectivity index (χ4v) is 3.28. The van der Waals surface area contributed by atoms with Gasteiger partial charge in [0.2, 0.25) is 0 Å². The van der Waals surface area contributed by atoms with E-state index in [1.807, 2.05) is 24.4 Å². The summed E-state index contributed by atoms with van der Waals surface area (Å²) in [6.07, 6.45) is 4.11. The van der Waals surface area contributed by atoms with Crippen molar-refractivity contribution in [3.8, 4) is 17.3 Å². The number of hydrogen-bond acceptors (Lipinski definition) is 4. The molecule has 1 N–H and O–H groups in total. The van der Waals surface area contributed by atoms with Crippen LogP contribution < -0.4 is 0 Å². The van der Waals surface area contributed by atoms with Crippen LogP contribution in [0.5, 0.6) is 0 Å². The number of pyridine rings is 1. The van der Waals surface area contributed by atoms with Gasteiger partial charge < -0.3 is 9.88 Å². The number of hydrogen-bond donors (Lipinski definition) is 1. The Kier molecular flexibility index (Phi) is 3.23. The zero-order valence-corrected chi connectivity index (χ0v) is 12.9. The van der Waals surface area contributed by atoms with Crippen LogP contribution in [0.15, 0.2) is 42.6 Å². The summed E-state index contributed by atoms with van der Waals surface area (Å²) in [4.78, 5) is 14.4. The predicted octanol–water partition coefficient (Wildman–Crippen LogP) is 3.14. The van der Waals surface area contributed by atoms with Gasteiger partial charge in [-0.2, -0.15) is 5.26 Å². The zero-order valence-electron chi connectivity index (χ0n) is 12.9. The maximum atomic E-state index is 9.08. The Bertz CT molecular complexity index is 877. The molecule has 0 spiro atoms. The van der Waals surface area contributed by atoms with Gasteiger partial charge in [0.05, 0.1) is 0 Å². The molecule has 0 saturated carbocycles. The summed E-state index contributed by atoms with van der Waals surface area (Å²) >= 11 is 0. The fraction of sp³-hybridized carbons (Fsp3) is 0.278. The lowest BCUT2D eigenvalue weighted by atomic mass is 9.98. The van der Waals surface area contributed by atoms with Crippen LogP contribution in [-0.2, 0) is 0 Å². The Morgan fingerprint density at radius 1 is 1.22 bits per heavy atom. The van der Waals surface area contributed by atoms with E-state index in [0.717, 1.165) is 41.2 Å². The molecule has 0 amide bonds. The molecule has 114 valence electrons. The highest BCUT2D eigenvalue weighted by Gasteiger charge is 2.32. The number of likely N-dealkylation sites (tertiary alicyclic amines) is 1. The normalized spacial score (nSPS) is 20.8. The zero-order chi connectivity index (χ0) is 15.8. The summed E-state index contributed by atoms with van der Waals surface area (Å²) in [5.74, 6) is 1.59. The van der Waals surface area contributed by atoms with Crippen LogP contribution in [0.2, 0.25) is 0 Å². The van der Waals surface area contributed by atoms with Crippen molar-refractivity contribution < 1.29 is 0 Å². The summed E-state index contributed by atoms with van der Waals surface area (Å²) in [5.41, 5.74) is 3.89. The van der Waals surface area contributed by atoms with E-state index in [9.17, 15) is 0 Å². The monoisotopic (exact) mass is 303 g/mol. The number of nitrogens with one attached hydrogen (secondary N) is 1. The van der Waals surface area contributed by atoms with Crippen molar-refractivity contribution in [3.63, 3.8) is 0 Å². The molecule has 3 heterocycles. The smallest absolute Gasteiger partial charge is 0.179 e. The molecule has 2 atom stereocenters. The standard InChI is InChI=1S/C18H17N5/c1-12-9-23(11-19)10-15(12)17-21-16-7-14(8-20-18(16)22-17)13-5-3-2-4-6-13/h2-8,12,15H,9-10H2,1H3,(H,20,21,22). The summed E-state index contributed by atoms with van der Waals surface area (Å²) in [6, 6.07) is 12.3. The Hall–Kier alpha value is -2.87. The number of aromatic nitrogens is 3. The fourth-order valence-electron chi connectivity index (χ4n) is 3.28. The highest BCUT2D eigenvalue weighted by atomic mass is 15.2.